The summed E-state index contributed by atoms with van der Waals surface area (Å²) in [6, 6.07) is 3.88. The lowest BCUT2D eigenvalue weighted by Crippen LogP contribution is -2.58. The minimum atomic E-state index is -1.31. The average molecular weight is 435 g/mol. The molecule has 4 heterocycles. The lowest BCUT2D eigenvalue weighted by atomic mass is 9.90. The van der Waals surface area contributed by atoms with Gasteiger partial charge in [0.25, 0.3) is 0 Å². The Morgan fingerprint density at radius 1 is 1.46 bits per heavy atom. The van der Waals surface area contributed by atoms with Gasteiger partial charge in [0.1, 0.15) is 16.5 Å². The Morgan fingerprint density at radius 2 is 2.29 bits per heavy atom. The molecule has 146 valence electrons. The monoisotopic (exact) mass is 434 g/mol. The molecule has 0 aliphatic carbocycles. The first-order valence-corrected chi connectivity index (χ1v) is 11.1. The molecule has 2 aliphatic rings. The van der Waals surface area contributed by atoms with E-state index in [4.69, 9.17) is 27.1 Å². The first-order chi connectivity index (χ1) is 13.5. The summed E-state index contributed by atoms with van der Waals surface area (Å²) in [5.74, 6) is 6.13. The molecule has 2 N–H and O–H groups in total. The first kappa shape index (κ1) is 19.4. The van der Waals surface area contributed by atoms with Crippen molar-refractivity contribution in [2.24, 2.45) is 10.7 Å². The van der Waals surface area contributed by atoms with E-state index in [2.05, 4.69) is 16.8 Å². The molecular formula is C19H19ClN4O2S2. The van der Waals surface area contributed by atoms with Gasteiger partial charge in [0.2, 0.25) is 5.96 Å². The molecular weight excluding hydrogens is 416 g/mol. The van der Waals surface area contributed by atoms with Crippen LogP contribution >= 0.6 is 22.9 Å². The Labute approximate surface area is 175 Å². The lowest BCUT2D eigenvalue weighted by Gasteiger charge is -2.44. The van der Waals surface area contributed by atoms with Crippen molar-refractivity contribution >= 4 is 39.9 Å². The van der Waals surface area contributed by atoms with Crippen LogP contribution < -0.4 is 5.73 Å². The summed E-state index contributed by atoms with van der Waals surface area (Å²) in [5, 5.41) is 0.332. The van der Waals surface area contributed by atoms with Gasteiger partial charge in [-0.1, -0.05) is 17.5 Å². The Balaban J connectivity index is 1.84. The maximum absolute atomic E-state index is 13.0. The van der Waals surface area contributed by atoms with Gasteiger partial charge in [-0.2, -0.15) is 0 Å². The van der Waals surface area contributed by atoms with E-state index in [-0.39, 0.29) is 11.2 Å². The van der Waals surface area contributed by atoms with Gasteiger partial charge in [-0.05, 0) is 25.5 Å². The van der Waals surface area contributed by atoms with E-state index >= 15 is 0 Å². The van der Waals surface area contributed by atoms with E-state index in [1.54, 1.807) is 26.4 Å². The van der Waals surface area contributed by atoms with Crippen LogP contribution in [-0.4, -0.2) is 45.0 Å². The zero-order chi connectivity index (χ0) is 19.9. The van der Waals surface area contributed by atoms with E-state index in [1.165, 1.54) is 15.6 Å². The summed E-state index contributed by atoms with van der Waals surface area (Å²) in [6.45, 7) is 2.63. The molecule has 2 aliphatic heterocycles. The van der Waals surface area contributed by atoms with Crippen LogP contribution in [0.3, 0.4) is 0 Å². The molecule has 0 spiro atoms. The van der Waals surface area contributed by atoms with E-state index in [0.29, 0.717) is 24.7 Å². The Hall–Kier alpha value is -1.92. The number of nitrogens with zero attached hydrogens (tertiary/aromatic N) is 3. The molecule has 0 radical (unpaired) electrons. The van der Waals surface area contributed by atoms with Crippen molar-refractivity contribution in [1.29, 1.82) is 0 Å². The summed E-state index contributed by atoms with van der Waals surface area (Å²) in [5.41, 5.74) is 7.01. The fourth-order valence-corrected chi connectivity index (χ4v) is 6.75. The smallest absolute Gasteiger partial charge is 0.204 e. The number of thiophene rings is 1. The molecule has 1 saturated heterocycles. The standard InChI is InChI=1S/C19H19ClN4O2S2/c1-3-4-12-7-13(10-22-9-12)15-8-14(20)17(27-15)19-11-26-6-5-16(19)28(25)24(2)18(21)23-19/h7-10,16H,5-6,11H2,1-2H3,(H2,21,23). The molecule has 3 atom stereocenters. The number of aliphatic imine (C=N–C) groups is 1. The third-order valence-corrected chi connectivity index (χ3v) is 8.50. The molecule has 0 aromatic carbocycles. The third kappa shape index (κ3) is 3.12. The van der Waals surface area contributed by atoms with Crippen LogP contribution in [0.2, 0.25) is 5.02 Å². The fourth-order valence-electron chi connectivity index (χ4n) is 3.54. The van der Waals surface area contributed by atoms with Crippen LogP contribution in [0.1, 0.15) is 23.8 Å². The maximum Gasteiger partial charge on any atom is 0.204 e. The van der Waals surface area contributed by atoms with Gasteiger partial charge in [0, 0.05) is 42.1 Å². The van der Waals surface area contributed by atoms with Crippen molar-refractivity contribution in [3.63, 3.8) is 0 Å². The number of rotatable bonds is 2. The minimum absolute atomic E-state index is 0.230. The number of nitrogens with two attached hydrogens (primary N) is 1. The van der Waals surface area contributed by atoms with Crippen molar-refractivity contribution in [3.05, 3.63) is 40.0 Å². The molecule has 1 fully saturated rings. The number of ether oxygens (including phenoxy) is 1. The van der Waals surface area contributed by atoms with Crippen LogP contribution in [0.5, 0.6) is 0 Å². The number of aromatic nitrogens is 1. The number of pyridine rings is 1. The lowest BCUT2D eigenvalue weighted by molar-refractivity contribution is 0.0404. The highest BCUT2D eigenvalue weighted by Gasteiger charge is 2.52. The molecule has 0 amide bonds. The Kier molecular flexibility index (Phi) is 5.19. The highest BCUT2D eigenvalue weighted by molar-refractivity contribution is 7.84. The topological polar surface area (TPSA) is 80.8 Å². The molecule has 0 saturated carbocycles. The van der Waals surface area contributed by atoms with Gasteiger partial charge in [-0.25, -0.2) is 9.20 Å². The summed E-state index contributed by atoms with van der Waals surface area (Å²) in [6.07, 6.45) is 4.13. The van der Waals surface area contributed by atoms with E-state index in [9.17, 15) is 4.21 Å². The van der Waals surface area contributed by atoms with Gasteiger partial charge in [0.05, 0.1) is 21.8 Å². The van der Waals surface area contributed by atoms with Crippen LogP contribution in [-0.2, 0) is 21.3 Å². The van der Waals surface area contributed by atoms with E-state index in [0.717, 1.165) is 20.9 Å². The molecule has 28 heavy (non-hydrogen) atoms. The largest absolute Gasteiger partial charge is 0.378 e. The third-order valence-electron chi connectivity index (χ3n) is 4.90. The summed E-state index contributed by atoms with van der Waals surface area (Å²) < 4.78 is 20.3. The second kappa shape index (κ2) is 7.48. The number of hydrogen-bond donors (Lipinski definition) is 1. The second-order valence-corrected chi connectivity index (χ2v) is 9.75. The van der Waals surface area contributed by atoms with Gasteiger partial charge in [-0.15, -0.1) is 17.3 Å². The van der Waals surface area contributed by atoms with Crippen LogP contribution in [0.25, 0.3) is 10.4 Å². The quantitative estimate of drug-likeness (QED) is 0.737. The maximum atomic E-state index is 13.0. The SMILES string of the molecule is CC#Cc1cncc(-c2cc(Cl)c(C34COCCC3S(=O)N(C)C(N)=N4)s2)c1. The molecule has 0 bridgehead atoms. The highest BCUT2D eigenvalue weighted by Crippen LogP contribution is 2.48. The van der Waals surface area contributed by atoms with Gasteiger partial charge >= 0.3 is 0 Å². The van der Waals surface area contributed by atoms with Crippen LogP contribution in [0.15, 0.2) is 29.5 Å². The molecule has 6 nitrogen and oxygen atoms in total. The molecule has 4 rings (SSSR count). The second-order valence-electron chi connectivity index (χ2n) is 6.62. The first-order valence-electron chi connectivity index (χ1n) is 8.72. The number of hydrogen-bond acceptors (Lipinski definition) is 6. The van der Waals surface area contributed by atoms with E-state index < -0.39 is 16.5 Å². The van der Waals surface area contributed by atoms with Crippen LogP contribution in [0.4, 0.5) is 0 Å². The fraction of sp³-hybridized carbons (Fsp3) is 0.368. The number of fused-ring (bicyclic) bond motifs is 1. The molecule has 9 heteroatoms. The van der Waals surface area contributed by atoms with E-state index in [1.807, 2.05) is 12.1 Å². The average Bonchev–Trinajstić information content (AvgIpc) is 3.09. The summed E-state index contributed by atoms with van der Waals surface area (Å²) in [4.78, 5) is 10.8. The van der Waals surface area contributed by atoms with Gasteiger partial charge in [-0.3, -0.25) is 9.29 Å². The van der Waals surface area contributed by atoms with Crippen molar-refractivity contribution in [1.82, 2.24) is 9.29 Å². The normalized spacial score (nSPS) is 26.8. The predicted molar refractivity (Wildman–Crippen MR) is 114 cm³/mol. The van der Waals surface area contributed by atoms with Crippen molar-refractivity contribution in [3.8, 4) is 22.3 Å². The van der Waals surface area contributed by atoms with Gasteiger partial charge in [0.15, 0.2) is 0 Å². The van der Waals surface area contributed by atoms with Crippen LogP contribution in [0, 0.1) is 11.8 Å². The Bertz CT molecular complexity index is 1040. The summed E-state index contributed by atoms with van der Waals surface area (Å²) >= 11 is 8.17. The number of guanidine groups is 1. The van der Waals surface area contributed by atoms with Gasteiger partial charge < -0.3 is 10.5 Å². The van der Waals surface area contributed by atoms with Crippen molar-refractivity contribution in [2.45, 2.75) is 24.1 Å². The molecule has 3 unspecified atom stereocenters. The minimum Gasteiger partial charge on any atom is -0.378 e. The van der Waals surface area contributed by atoms with Crippen molar-refractivity contribution < 1.29 is 8.95 Å². The zero-order valence-corrected chi connectivity index (χ0v) is 17.8. The zero-order valence-electron chi connectivity index (χ0n) is 15.4. The number of halogens is 1. The highest BCUT2D eigenvalue weighted by atomic mass is 35.5. The Morgan fingerprint density at radius 3 is 3.07 bits per heavy atom. The van der Waals surface area contributed by atoms with Crippen molar-refractivity contribution in [2.75, 3.05) is 20.3 Å². The predicted octanol–water partition coefficient (Wildman–Crippen LogP) is 2.74. The molecule has 2 aromatic rings. The molecule has 2 aromatic heterocycles. The summed E-state index contributed by atoms with van der Waals surface area (Å²) in [7, 11) is 0.390.